The fourth-order valence-corrected chi connectivity index (χ4v) is 5.36. The van der Waals surface area contributed by atoms with Gasteiger partial charge < -0.3 is 9.64 Å². The molecule has 0 N–H and O–H groups in total. The number of ether oxygens (including phenoxy) is 1. The van der Waals surface area contributed by atoms with E-state index in [-0.39, 0.29) is 20.7 Å². The topological polar surface area (TPSA) is 49.9 Å². The van der Waals surface area contributed by atoms with Crippen molar-refractivity contribution in [1.82, 2.24) is 4.31 Å². The largest absolute Gasteiger partial charge is 0.494 e. The number of nitrogens with zero attached hydrogens (tertiary/aromatic N) is 2. The maximum Gasteiger partial charge on any atom is 0.246 e. The molecule has 1 saturated heterocycles. The molecule has 0 radical (unpaired) electrons. The predicted octanol–water partition coefficient (Wildman–Crippen LogP) is 4.08. The first-order chi connectivity index (χ1) is 12.9. The Balaban J connectivity index is 1.83. The monoisotopic (exact) mass is 428 g/mol. The Morgan fingerprint density at radius 2 is 1.70 bits per heavy atom. The summed E-state index contributed by atoms with van der Waals surface area (Å²) in [4.78, 5) is 2.28. The summed E-state index contributed by atoms with van der Waals surface area (Å²) in [6.45, 7) is 4.16. The molecule has 1 heterocycles. The third-order valence-electron chi connectivity index (χ3n) is 4.79. The lowest BCUT2D eigenvalue weighted by Gasteiger charge is -2.36. The van der Waals surface area contributed by atoms with Crippen LogP contribution in [0.3, 0.4) is 0 Å². The van der Waals surface area contributed by atoms with Crippen LogP contribution in [0.4, 0.5) is 5.69 Å². The first kappa shape index (κ1) is 20.3. The Bertz CT molecular complexity index is 927. The molecule has 3 rings (SSSR count). The minimum Gasteiger partial charge on any atom is -0.494 e. The van der Waals surface area contributed by atoms with Crippen LogP contribution in [-0.2, 0) is 16.4 Å². The number of piperazine rings is 1. The van der Waals surface area contributed by atoms with Crippen LogP contribution < -0.4 is 9.64 Å². The molecule has 0 spiro atoms. The quantitative estimate of drug-likeness (QED) is 0.719. The molecule has 0 aliphatic carbocycles. The van der Waals surface area contributed by atoms with Gasteiger partial charge in [-0.15, -0.1) is 0 Å². The van der Waals surface area contributed by atoms with E-state index in [4.69, 9.17) is 27.9 Å². The molecule has 0 saturated carbocycles. The van der Waals surface area contributed by atoms with Gasteiger partial charge in [-0.05, 0) is 30.2 Å². The smallest absolute Gasteiger partial charge is 0.246 e. The molecule has 146 valence electrons. The summed E-state index contributed by atoms with van der Waals surface area (Å²) >= 11 is 12.1. The number of para-hydroxylation sites is 1. The minimum absolute atomic E-state index is 0.0433. The first-order valence-corrected chi connectivity index (χ1v) is 10.9. The van der Waals surface area contributed by atoms with E-state index >= 15 is 0 Å². The fourth-order valence-electron chi connectivity index (χ4n) is 3.33. The highest BCUT2D eigenvalue weighted by molar-refractivity contribution is 7.89. The summed E-state index contributed by atoms with van der Waals surface area (Å²) in [5, 5.41) is 0.365. The van der Waals surface area contributed by atoms with Crippen LogP contribution in [0.5, 0.6) is 5.75 Å². The van der Waals surface area contributed by atoms with Crippen molar-refractivity contribution in [2.75, 3.05) is 38.2 Å². The van der Waals surface area contributed by atoms with Gasteiger partial charge in [0.1, 0.15) is 9.92 Å². The van der Waals surface area contributed by atoms with Crippen molar-refractivity contribution >= 4 is 38.9 Å². The summed E-state index contributed by atoms with van der Waals surface area (Å²) in [7, 11) is -2.34. The number of methoxy groups -OCH3 is 1. The van der Waals surface area contributed by atoms with E-state index in [2.05, 4.69) is 24.0 Å². The Morgan fingerprint density at radius 1 is 1.04 bits per heavy atom. The zero-order chi connectivity index (χ0) is 19.6. The van der Waals surface area contributed by atoms with E-state index in [1.807, 2.05) is 12.1 Å². The lowest BCUT2D eigenvalue weighted by Crippen LogP contribution is -2.49. The fraction of sp³-hybridized carbons (Fsp3) is 0.368. The van der Waals surface area contributed by atoms with Crippen molar-refractivity contribution in [3.63, 3.8) is 0 Å². The number of sulfonamides is 1. The van der Waals surface area contributed by atoms with E-state index in [0.29, 0.717) is 26.2 Å². The second-order valence-electron chi connectivity index (χ2n) is 6.27. The predicted molar refractivity (Wildman–Crippen MR) is 110 cm³/mol. The number of aryl methyl sites for hydroxylation is 1. The van der Waals surface area contributed by atoms with Crippen LogP contribution in [0.25, 0.3) is 0 Å². The number of halogens is 2. The molecular formula is C19H22Cl2N2O3S. The Labute approximate surface area is 170 Å². The third kappa shape index (κ3) is 3.90. The molecule has 0 unspecified atom stereocenters. The molecule has 1 fully saturated rings. The van der Waals surface area contributed by atoms with Crippen LogP contribution in [0.1, 0.15) is 12.5 Å². The van der Waals surface area contributed by atoms with Crippen LogP contribution in [-0.4, -0.2) is 46.0 Å². The van der Waals surface area contributed by atoms with E-state index in [0.717, 1.165) is 6.42 Å². The average molecular weight is 429 g/mol. The van der Waals surface area contributed by atoms with Gasteiger partial charge >= 0.3 is 0 Å². The Morgan fingerprint density at radius 3 is 2.33 bits per heavy atom. The lowest BCUT2D eigenvalue weighted by atomic mass is 10.1. The highest BCUT2D eigenvalue weighted by Gasteiger charge is 2.32. The van der Waals surface area contributed by atoms with E-state index in [1.54, 1.807) is 0 Å². The highest BCUT2D eigenvalue weighted by Crippen LogP contribution is 2.38. The molecule has 0 aromatic heterocycles. The standard InChI is InChI=1S/C19H22Cl2N2O3S/c1-3-14-6-4-5-7-16(14)22-10-12-23(13-11-22)27(24,25)17-9-8-15(20)18(21)19(17)26-2/h4-9H,3,10-13H2,1-2H3. The van der Waals surface area contributed by atoms with E-state index in [9.17, 15) is 8.42 Å². The molecular weight excluding hydrogens is 407 g/mol. The second kappa shape index (κ2) is 8.27. The summed E-state index contributed by atoms with van der Waals surface area (Å²) in [6, 6.07) is 11.2. The van der Waals surface area contributed by atoms with E-state index < -0.39 is 10.0 Å². The van der Waals surface area contributed by atoms with Gasteiger partial charge in [0.05, 0.1) is 12.1 Å². The summed E-state index contributed by atoms with van der Waals surface area (Å²) < 4.78 is 32.9. The molecule has 0 amide bonds. The van der Waals surface area contributed by atoms with Gasteiger partial charge in [-0.3, -0.25) is 0 Å². The number of benzene rings is 2. The maximum atomic E-state index is 13.1. The Hall–Kier alpha value is -1.47. The van der Waals surface area contributed by atoms with Crippen molar-refractivity contribution in [2.45, 2.75) is 18.2 Å². The molecule has 0 bridgehead atoms. The average Bonchev–Trinajstić information content (AvgIpc) is 2.69. The van der Waals surface area contributed by atoms with Crippen LogP contribution in [0, 0.1) is 0 Å². The number of anilines is 1. The second-order valence-corrected chi connectivity index (χ2v) is 8.96. The maximum absolute atomic E-state index is 13.1. The normalized spacial score (nSPS) is 15.8. The van der Waals surface area contributed by atoms with Crippen molar-refractivity contribution in [2.24, 2.45) is 0 Å². The Kier molecular flexibility index (Phi) is 6.21. The van der Waals surface area contributed by atoms with Gasteiger partial charge in [-0.25, -0.2) is 8.42 Å². The van der Waals surface area contributed by atoms with Gasteiger partial charge in [0, 0.05) is 31.9 Å². The molecule has 8 heteroatoms. The van der Waals surface area contributed by atoms with Crippen molar-refractivity contribution in [1.29, 1.82) is 0 Å². The molecule has 2 aromatic rings. The summed E-state index contributed by atoms with van der Waals surface area (Å²) in [5.74, 6) is 0.0860. The van der Waals surface area contributed by atoms with E-state index in [1.165, 1.54) is 34.8 Å². The zero-order valence-electron chi connectivity index (χ0n) is 15.3. The molecule has 0 atom stereocenters. The van der Waals surface area contributed by atoms with Crippen LogP contribution in [0.15, 0.2) is 41.3 Å². The SMILES string of the molecule is CCc1ccccc1N1CCN(S(=O)(=O)c2ccc(Cl)c(Cl)c2OC)CC1. The first-order valence-electron chi connectivity index (χ1n) is 8.75. The molecule has 5 nitrogen and oxygen atoms in total. The van der Waals surface area contributed by atoms with Gasteiger partial charge in [0.15, 0.2) is 5.75 Å². The number of hydrogen-bond donors (Lipinski definition) is 0. The minimum atomic E-state index is -3.73. The third-order valence-corrected chi connectivity index (χ3v) is 7.50. The number of rotatable bonds is 5. The van der Waals surface area contributed by atoms with Gasteiger partial charge in [0.25, 0.3) is 0 Å². The molecule has 1 aliphatic heterocycles. The van der Waals surface area contributed by atoms with Crippen molar-refractivity contribution in [3.05, 3.63) is 52.0 Å². The van der Waals surface area contributed by atoms with Gasteiger partial charge in [-0.2, -0.15) is 4.31 Å². The lowest BCUT2D eigenvalue weighted by molar-refractivity contribution is 0.374. The number of hydrogen-bond acceptors (Lipinski definition) is 4. The van der Waals surface area contributed by atoms with Gasteiger partial charge in [-0.1, -0.05) is 48.3 Å². The highest BCUT2D eigenvalue weighted by atomic mass is 35.5. The molecule has 27 heavy (non-hydrogen) atoms. The van der Waals surface area contributed by atoms with Gasteiger partial charge in [0.2, 0.25) is 10.0 Å². The van der Waals surface area contributed by atoms with Crippen LogP contribution >= 0.6 is 23.2 Å². The van der Waals surface area contributed by atoms with Crippen molar-refractivity contribution in [3.8, 4) is 5.75 Å². The molecule has 1 aliphatic rings. The summed E-state index contributed by atoms with van der Waals surface area (Å²) in [5.41, 5.74) is 2.43. The van der Waals surface area contributed by atoms with Crippen LogP contribution in [0.2, 0.25) is 10.0 Å². The van der Waals surface area contributed by atoms with Crippen molar-refractivity contribution < 1.29 is 13.2 Å². The zero-order valence-corrected chi connectivity index (χ0v) is 17.6. The summed E-state index contributed by atoms with van der Waals surface area (Å²) in [6.07, 6.45) is 0.940. The molecule has 2 aromatic carbocycles.